The van der Waals surface area contributed by atoms with Crippen molar-refractivity contribution in [2.75, 3.05) is 13.2 Å². The van der Waals surface area contributed by atoms with E-state index in [2.05, 4.69) is 5.32 Å². The Morgan fingerprint density at radius 3 is 2.15 bits per heavy atom. The number of amides is 2. The topological polar surface area (TPSA) is 108 Å². The van der Waals surface area contributed by atoms with E-state index in [9.17, 15) is 14.2 Å². The normalized spacial score (nSPS) is 12.6. The molecule has 1 atom stereocenters. The van der Waals surface area contributed by atoms with Crippen molar-refractivity contribution in [3.8, 4) is 0 Å². The minimum absolute atomic E-state index is 0.136. The van der Waals surface area contributed by atoms with Crippen LogP contribution in [0.2, 0.25) is 0 Å². The highest BCUT2D eigenvalue weighted by molar-refractivity contribution is 7.53. The van der Waals surface area contributed by atoms with E-state index in [0.29, 0.717) is 25.2 Å². The van der Waals surface area contributed by atoms with Gasteiger partial charge in [-0.05, 0) is 38.0 Å². The van der Waals surface area contributed by atoms with Gasteiger partial charge in [-0.15, -0.1) is 0 Å². The number of unbranched alkanes of at least 4 members (excludes halogenated alkanes) is 1. The van der Waals surface area contributed by atoms with Crippen LogP contribution in [0.3, 0.4) is 0 Å². The number of hydrogen-bond acceptors (Lipinski definition) is 5. The fraction of sp³-hybridized carbons (Fsp3) is 0.556. The number of carbonyl (C=O) groups is 2. The summed E-state index contributed by atoms with van der Waals surface area (Å²) in [5.74, 6) is -0.910. The second-order valence-electron chi connectivity index (χ2n) is 5.87. The Balaban J connectivity index is 2.77. The summed E-state index contributed by atoms with van der Waals surface area (Å²) in [6, 6.07) is 5.95. The minimum atomic E-state index is -3.19. The Hall–Kier alpha value is -1.69. The number of rotatable bonds is 12. The lowest BCUT2D eigenvalue weighted by Gasteiger charge is -2.17. The second-order valence-corrected chi connectivity index (χ2v) is 7.93. The summed E-state index contributed by atoms with van der Waals surface area (Å²) in [5.41, 5.74) is 6.48. The van der Waals surface area contributed by atoms with E-state index in [-0.39, 0.29) is 12.1 Å². The van der Waals surface area contributed by atoms with Gasteiger partial charge in [0.15, 0.2) is 0 Å². The summed E-state index contributed by atoms with van der Waals surface area (Å²) in [6.45, 7) is 6.11. The summed E-state index contributed by atoms with van der Waals surface area (Å²) in [4.78, 5) is 23.8. The zero-order chi connectivity index (χ0) is 19.6. The molecule has 146 valence electrons. The maximum absolute atomic E-state index is 12.5. The van der Waals surface area contributed by atoms with E-state index in [1.165, 1.54) is 0 Å². The molecule has 0 aliphatic rings. The summed E-state index contributed by atoms with van der Waals surface area (Å²) in [6.07, 6.45) is 2.36. The number of benzene rings is 1. The van der Waals surface area contributed by atoms with Gasteiger partial charge in [-0.25, -0.2) is 0 Å². The van der Waals surface area contributed by atoms with E-state index < -0.39 is 19.5 Å². The number of hydrogen-bond donors (Lipinski definition) is 2. The van der Waals surface area contributed by atoms with Crippen molar-refractivity contribution in [2.24, 2.45) is 5.73 Å². The van der Waals surface area contributed by atoms with E-state index >= 15 is 0 Å². The average Bonchev–Trinajstić information content (AvgIpc) is 2.59. The standard InChI is InChI=1S/C18H29N2O5P/c1-4-7-8-16(17(19)21)20-18(22)15-11-9-14(10-12-15)13-26(23,24-5-2)25-6-3/h9-12,16H,4-8,13H2,1-3H3,(H2,19,21)(H,20,22)/t16-/m1/s1. The summed E-state index contributed by atoms with van der Waals surface area (Å²) < 4.78 is 23.1. The largest absolute Gasteiger partial charge is 0.368 e. The third-order valence-electron chi connectivity index (χ3n) is 3.74. The number of primary amides is 1. The third kappa shape index (κ3) is 7.28. The zero-order valence-corrected chi connectivity index (χ0v) is 16.6. The Morgan fingerprint density at radius 2 is 1.69 bits per heavy atom. The van der Waals surface area contributed by atoms with Gasteiger partial charge in [-0.3, -0.25) is 14.2 Å². The molecule has 0 radical (unpaired) electrons. The molecule has 0 aliphatic heterocycles. The molecule has 2 amide bonds. The van der Waals surface area contributed by atoms with Gasteiger partial charge >= 0.3 is 7.60 Å². The Morgan fingerprint density at radius 1 is 1.12 bits per heavy atom. The molecular formula is C18H29N2O5P. The van der Waals surface area contributed by atoms with E-state index in [1.54, 1.807) is 38.1 Å². The second kappa shape index (κ2) is 11.1. The predicted octanol–water partition coefficient (Wildman–Crippen LogP) is 3.23. The molecule has 0 fully saturated rings. The van der Waals surface area contributed by atoms with Gasteiger partial charge in [0, 0.05) is 5.56 Å². The van der Waals surface area contributed by atoms with Gasteiger partial charge in [-0.1, -0.05) is 31.9 Å². The maximum Gasteiger partial charge on any atom is 0.335 e. The van der Waals surface area contributed by atoms with Gasteiger partial charge in [0.25, 0.3) is 5.91 Å². The highest BCUT2D eigenvalue weighted by Crippen LogP contribution is 2.51. The molecule has 3 N–H and O–H groups in total. The molecular weight excluding hydrogens is 355 g/mol. The quantitative estimate of drug-likeness (QED) is 0.538. The summed E-state index contributed by atoms with van der Waals surface area (Å²) in [5, 5.41) is 2.66. The number of nitrogens with two attached hydrogens (primary N) is 1. The Kier molecular flexibility index (Phi) is 9.55. The van der Waals surface area contributed by atoms with Crippen LogP contribution in [0.1, 0.15) is 56.0 Å². The Labute approximate surface area is 155 Å². The molecule has 1 aromatic rings. The molecule has 0 spiro atoms. The van der Waals surface area contributed by atoms with Crippen molar-refractivity contribution in [1.29, 1.82) is 0 Å². The summed E-state index contributed by atoms with van der Waals surface area (Å²) >= 11 is 0. The monoisotopic (exact) mass is 384 g/mol. The van der Waals surface area contributed by atoms with Crippen molar-refractivity contribution in [2.45, 2.75) is 52.2 Å². The minimum Gasteiger partial charge on any atom is -0.368 e. The van der Waals surface area contributed by atoms with Crippen LogP contribution < -0.4 is 11.1 Å². The highest BCUT2D eigenvalue weighted by Gasteiger charge is 2.24. The number of carbonyl (C=O) groups excluding carboxylic acids is 2. The molecule has 26 heavy (non-hydrogen) atoms. The zero-order valence-electron chi connectivity index (χ0n) is 15.7. The fourth-order valence-electron chi connectivity index (χ4n) is 2.44. The Bertz CT molecular complexity index is 623. The molecule has 0 unspecified atom stereocenters. The highest BCUT2D eigenvalue weighted by atomic mass is 31.2. The van der Waals surface area contributed by atoms with Gasteiger partial charge in [-0.2, -0.15) is 0 Å². The first kappa shape index (κ1) is 22.4. The van der Waals surface area contributed by atoms with Crippen molar-refractivity contribution < 1.29 is 23.2 Å². The van der Waals surface area contributed by atoms with E-state index in [1.807, 2.05) is 6.92 Å². The first-order chi connectivity index (χ1) is 12.3. The van der Waals surface area contributed by atoms with Crippen molar-refractivity contribution in [3.63, 3.8) is 0 Å². The lowest BCUT2D eigenvalue weighted by Crippen LogP contribution is -2.44. The van der Waals surface area contributed by atoms with Crippen LogP contribution in [0.4, 0.5) is 0 Å². The van der Waals surface area contributed by atoms with Gasteiger partial charge in [0.1, 0.15) is 6.04 Å². The van der Waals surface area contributed by atoms with Crippen LogP contribution in [0.15, 0.2) is 24.3 Å². The molecule has 1 aromatic carbocycles. The molecule has 1 rings (SSSR count). The van der Waals surface area contributed by atoms with Crippen LogP contribution in [-0.4, -0.2) is 31.1 Å². The lowest BCUT2D eigenvalue weighted by atomic mass is 10.1. The molecule has 0 aromatic heterocycles. The van der Waals surface area contributed by atoms with Gasteiger partial charge < -0.3 is 20.1 Å². The molecule has 7 nitrogen and oxygen atoms in total. The molecule has 0 heterocycles. The first-order valence-corrected chi connectivity index (χ1v) is 10.6. The molecule has 0 aliphatic carbocycles. The number of nitrogens with one attached hydrogen (secondary N) is 1. The first-order valence-electron chi connectivity index (χ1n) is 8.92. The van der Waals surface area contributed by atoms with Crippen LogP contribution in [0.5, 0.6) is 0 Å². The lowest BCUT2D eigenvalue weighted by molar-refractivity contribution is -0.120. The van der Waals surface area contributed by atoms with Crippen LogP contribution in [-0.2, 0) is 24.6 Å². The van der Waals surface area contributed by atoms with Crippen LogP contribution >= 0.6 is 7.60 Å². The SMILES string of the molecule is CCCC[C@@H](NC(=O)c1ccc(CP(=O)(OCC)OCC)cc1)C(N)=O. The fourth-order valence-corrected chi connectivity index (χ4v) is 4.14. The van der Waals surface area contributed by atoms with Gasteiger partial charge in [0.05, 0.1) is 19.4 Å². The van der Waals surface area contributed by atoms with E-state index in [0.717, 1.165) is 18.4 Å². The van der Waals surface area contributed by atoms with Crippen molar-refractivity contribution in [3.05, 3.63) is 35.4 Å². The molecule has 0 bridgehead atoms. The third-order valence-corrected chi connectivity index (χ3v) is 5.79. The average molecular weight is 384 g/mol. The van der Waals surface area contributed by atoms with E-state index in [4.69, 9.17) is 14.8 Å². The molecule has 0 saturated carbocycles. The maximum atomic E-state index is 12.5. The van der Waals surface area contributed by atoms with Crippen molar-refractivity contribution in [1.82, 2.24) is 5.32 Å². The molecule has 8 heteroatoms. The predicted molar refractivity (Wildman–Crippen MR) is 101 cm³/mol. The van der Waals surface area contributed by atoms with Gasteiger partial charge in [0.2, 0.25) is 5.91 Å². The van der Waals surface area contributed by atoms with Crippen molar-refractivity contribution >= 4 is 19.4 Å². The smallest absolute Gasteiger partial charge is 0.335 e. The summed E-state index contributed by atoms with van der Waals surface area (Å²) in [7, 11) is -3.19. The van der Waals surface area contributed by atoms with Crippen LogP contribution in [0.25, 0.3) is 0 Å². The molecule has 0 saturated heterocycles. The van der Waals surface area contributed by atoms with Crippen LogP contribution in [0, 0.1) is 0 Å².